The van der Waals surface area contributed by atoms with Gasteiger partial charge in [0.1, 0.15) is 5.78 Å². The zero-order valence-electron chi connectivity index (χ0n) is 6.62. The van der Waals surface area contributed by atoms with Crippen LogP contribution < -0.4 is 0 Å². The van der Waals surface area contributed by atoms with Gasteiger partial charge >= 0.3 is 0 Å². The van der Waals surface area contributed by atoms with Gasteiger partial charge in [0.2, 0.25) is 0 Å². The molecule has 1 N–H and O–H groups in total. The van der Waals surface area contributed by atoms with E-state index in [9.17, 15) is 9.90 Å². The highest BCUT2D eigenvalue weighted by atomic mass is 16.3. The third-order valence-corrected chi connectivity index (χ3v) is 3.13. The van der Waals surface area contributed by atoms with Crippen LogP contribution in [0.25, 0.3) is 0 Å². The second kappa shape index (κ2) is 2.59. The number of aliphatic hydroxyl groups is 1. The van der Waals surface area contributed by atoms with Crippen molar-refractivity contribution in [3.05, 3.63) is 0 Å². The van der Waals surface area contributed by atoms with Gasteiger partial charge in [-0.15, -0.1) is 0 Å². The molecule has 2 rings (SSSR count). The molecule has 2 heteroatoms. The molecule has 2 saturated carbocycles. The summed E-state index contributed by atoms with van der Waals surface area (Å²) in [7, 11) is 0. The first-order valence-electron chi connectivity index (χ1n) is 4.50. The van der Waals surface area contributed by atoms with Crippen molar-refractivity contribution in [1.29, 1.82) is 0 Å². The standard InChI is InChI=1S/C9H14O2/c10-7-3-1-2-6-4-5-8(11)9(6)7/h6,8-9,11H,1-5H2/t6-,8?,9+/m0/s1. The van der Waals surface area contributed by atoms with Crippen LogP contribution in [0, 0.1) is 11.8 Å². The Morgan fingerprint density at radius 3 is 2.82 bits per heavy atom. The average molecular weight is 154 g/mol. The largest absolute Gasteiger partial charge is 0.392 e. The van der Waals surface area contributed by atoms with Gasteiger partial charge in [0.05, 0.1) is 6.10 Å². The molecule has 2 aliphatic carbocycles. The molecule has 0 spiro atoms. The number of fused-ring (bicyclic) bond motifs is 1. The number of hydrogen-bond donors (Lipinski definition) is 1. The molecule has 2 aliphatic rings. The number of carbonyl (C=O) groups excluding carboxylic acids is 1. The van der Waals surface area contributed by atoms with E-state index in [0.29, 0.717) is 18.1 Å². The lowest BCUT2D eigenvalue weighted by atomic mass is 9.80. The average Bonchev–Trinajstić information content (AvgIpc) is 2.34. The van der Waals surface area contributed by atoms with E-state index < -0.39 is 0 Å². The minimum absolute atomic E-state index is 0.0174. The number of ketones is 1. The van der Waals surface area contributed by atoms with Crippen LogP contribution in [0.5, 0.6) is 0 Å². The highest BCUT2D eigenvalue weighted by molar-refractivity contribution is 5.82. The Morgan fingerprint density at radius 2 is 2.09 bits per heavy atom. The fourth-order valence-electron chi connectivity index (χ4n) is 2.56. The lowest BCUT2D eigenvalue weighted by Crippen LogP contribution is -2.31. The molecule has 0 amide bonds. The predicted molar refractivity (Wildman–Crippen MR) is 41.1 cm³/mol. The van der Waals surface area contributed by atoms with Crippen LogP contribution in [0.3, 0.4) is 0 Å². The highest BCUT2D eigenvalue weighted by Gasteiger charge is 2.41. The quantitative estimate of drug-likeness (QED) is 0.568. The van der Waals surface area contributed by atoms with Crippen molar-refractivity contribution in [2.45, 2.75) is 38.2 Å². The van der Waals surface area contributed by atoms with Gasteiger partial charge in [0.15, 0.2) is 0 Å². The van der Waals surface area contributed by atoms with E-state index in [1.165, 1.54) is 0 Å². The smallest absolute Gasteiger partial charge is 0.138 e. The Labute approximate surface area is 66.6 Å². The monoisotopic (exact) mass is 154 g/mol. The second-order valence-corrected chi connectivity index (χ2v) is 3.79. The first kappa shape index (κ1) is 7.29. The van der Waals surface area contributed by atoms with Crippen LogP contribution in [0.1, 0.15) is 32.1 Å². The van der Waals surface area contributed by atoms with Crippen molar-refractivity contribution in [3.63, 3.8) is 0 Å². The molecule has 0 bridgehead atoms. The Morgan fingerprint density at radius 1 is 1.27 bits per heavy atom. The maximum Gasteiger partial charge on any atom is 0.138 e. The molecular weight excluding hydrogens is 140 g/mol. The van der Waals surface area contributed by atoms with E-state index in [-0.39, 0.29) is 12.0 Å². The SMILES string of the molecule is O=C1CCC[C@H]2CCC(O)[C@@H]12. The van der Waals surface area contributed by atoms with Crippen LogP contribution in [0.4, 0.5) is 0 Å². The molecule has 0 radical (unpaired) electrons. The van der Waals surface area contributed by atoms with Crippen molar-refractivity contribution >= 4 is 5.78 Å². The van der Waals surface area contributed by atoms with E-state index in [2.05, 4.69) is 0 Å². The zero-order valence-corrected chi connectivity index (χ0v) is 6.62. The molecular formula is C9H14O2. The van der Waals surface area contributed by atoms with Crippen molar-refractivity contribution in [2.75, 3.05) is 0 Å². The number of hydrogen-bond acceptors (Lipinski definition) is 2. The number of carbonyl (C=O) groups is 1. The third-order valence-electron chi connectivity index (χ3n) is 3.13. The minimum Gasteiger partial charge on any atom is -0.392 e. The van der Waals surface area contributed by atoms with Crippen molar-refractivity contribution in [2.24, 2.45) is 11.8 Å². The van der Waals surface area contributed by atoms with Crippen molar-refractivity contribution in [3.8, 4) is 0 Å². The summed E-state index contributed by atoms with van der Waals surface area (Å²) >= 11 is 0. The van der Waals surface area contributed by atoms with Crippen LogP contribution in [0.15, 0.2) is 0 Å². The summed E-state index contributed by atoms with van der Waals surface area (Å²) in [6, 6.07) is 0. The zero-order chi connectivity index (χ0) is 7.84. The molecule has 2 nitrogen and oxygen atoms in total. The molecule has 0 aromatic heterocycles. The first-order valence-corrected chi connectivity index (χ1v) is 4.50. The van der Waals surface area contributed by atoms with E-state index in [1.54, 1.807) is 0 Å². The van der Waals surface area contributed by atoms with Gasteiger partial charge in [-0.1, -0.05) is 0 Å². The summed E-state index contributed by atoms with van der Waals surface area (Å²) in [5, 5.41) is 9.47. The number of rotatable bonds is 0. The molecule has 11 heavy (non-hydrogen) atoms. The van der Waals surface area contributed by atoms with Gasteiger partial charge in [-0.05, 0) is 31.6 Å². The summed E-state index contributed by atoms with van der Waals surface area (Å²) in [5.41, 5.74) is 0. The number of Topliss-reactive ketones (excluding diaryl/α,β-unsaturated/α-hetero) is 1. The number of aliphatic hydroxyl groups excluding tert-OH is 1. The van der Waals surface area contributed by atoms with E-state index in [1.807, 2.05) is 0 Å². The van der Waals surface area contributed by atoms with Crippen molar-refractivity contribution < 1.29 is 9.90 Å². The molecule has 0 aliphatic heterocycles. The van der Waals surface area contributed by atoms with Gasteiger partial charge < -0.3 is 5.11 Å². The Bertz CT molecular complexity index is 174. The lowest BCUT2D eigenvalue weighted by molar-refractivity contribution is -0.128. The fraction of sp³-hybridized carbons (Fsp3) is 0.889. The summed E-state index contributed by atoms with van der Waals surface area (Å²) in [6.07, 6.45) is 4.52. The molecule has 62 valence electrons. The Balaban J connectivity index is 2.14. The normalized spacial score (nSPS) is 44.1. The molecule has 0 aromatic carbocycles. The van der Waals surface area contributed by atoms with Crippen LogP contribution in [-0.2, 0) is 4.79 Å². The van der Waals surface area contributed by atoms with E-state index in [0.717, 1.165) is 25.7 Å². The summed E-state index contributed by atoms with van der Waals surface area (Å²) in [6.45, 7) is 0. The molecule has 0 aromatic rings. The summed E-state index contributed by atoms with van der Waals surface area (Å²) < 4.78 is 0. The molecule has 3 atom stereocenters. The fourth-order valence-corrected chi connectivity index (χ4v) is 2.56. The summed E-state index contributed by atoms with van der Waals surface area (Å²) in [4.78, 5) is 11.3. The summed E-state index contributed by atoms with van der Waals surface area (Å²) in [5.74, 6) is 0.848. The van der Waals surface area contributed by atoms with E-state index in [4.69, 9.17) is 0 Å². The van der Waals surface area contributed by atoms with Crippen LogP contribution in [-0.4, -0.2) is 17.0 Å². The van der Waals surface area contributed by atoms with Gasteiger partial charge in [0.25, 0.3) is 0 Å². The van der Waals surface area contributed by atoms with Crippen LogP contribution in [0.2, 0.25) is 0 Å². The van der Waals surface area contributed by atoms with Gasteiger partial charge in [-0.3, -0.25) is 4.79 Å². The third kappa shape index (κ3) is 1.09. The van der Waals surface area contributed by atoms with Crippen LogP contribution >= 0.6 is 0 Å². The first-order chi connectivity index (χ1) is 5.29. The van der Waals surface area contributed by atoms with Gasteiger partial charge in [0, 0.05) is 12.3 Å². The molecule has 0 saturated heterocycles. The second-order valence-electron chi connectivity index (χ2n) is 3.79. The van der Waals surface area contributed by atoms with Gasteiger partial charge in [-0.25, -0.2) is 0 Å². The Hall–Kier alpha value is -0.370. The van der Waals surface area contributed by atoms with Gasteiger partial charge in [-0.2, -0.15) is 0 Å². The highest BCUT2D eigenvalue weighted by Crippen LogP contribution is 2.40. The van der Waals surface area contributed by atoms with E-state index >= 15 is 0 Å². The lowest BCUT2D eigenvalue weighted by Gasteiger charge is -2.25. The molecule has 0 heterocycles. The molecule has 2 fully saturated rings. The van der Waals surface area contributed by atoms with Crippen molar-refractivity contribution in [1.82, 2.24) is 0 Å². The molecule has 1 unspecified atom stereocenters. The maximum absolute atomic E-state index is 11.3. The topological polar surface area (TPSA) is 37.3 Å². The Kier molecular flexibility index (Phi) is 1.72. The maximum atomic E-state index is 11.3. The minimum atomic E-state index is -0.312. The predicted octanol–water partition coefficient (Wildman–Crippen LogP) is 1.13.